The van der Waals surface area contributed by atoms with Gasteiger partial charge in [-0.3, -0.25) is 0 Å². The van der Waals surface area contributed by atoms with Gasteiger partial charge in [-0.2, -0.15) is 0 Å². The van der Waals surface area contributed by atoms with Crippen LogP contribution in [0.3, 0.4) is 0 Å². The Kier molecular flexibility index (Phi) is 3.31. The summed E-state index contributed by atoms with van der Waals surface area (Å²) in [6.45, 7) is 3.33. The van der Waals surface area contributed by atoms with Gasteiger partial charge in [-0.15, -0.1) is 0 Å². The van der Waals surface area contributed by atoms with Crippen LogP contribution in [0.4, 0.5) is 0 Å². The molecule has 1 aromatic heterocycles. The first kappa shape index (κ1) is 11.8. The van der Waals surface area contributed by atoms with Crippen LogP contribution >= 0.6 is 15.9 Å². The minimum Gasteiger partial charge on any atom is -0.453 e. The zero-order valence-corrected chi connectivity index (χ0v) is 11.9. The van der Waals surface area contributed by atoms with Crippen LogP contribution in [-0.4, -0.2) is 6.54 Å². The van der Waals surface area contributed by atoms with Gasteiger partial charge in [0.05, 0.1) is 6.04 Å². The van der Waals surface area contributed by atoms with Gasteiger partial charge in [0, 0.05) is 0 Å². The second-order valence-corrected chi connectivity index (χ2v) is 6.49. The number of halogens is 1. The molecule has 1 heterocycles. The maximum absolute atomic E-state index is 5.58. The Morgan fingerprint density at radius 3 is 2.88 bits per heavy atom. The zero-order valence-electron chi connectivity index (χ0n) is 10.3. The summed E-state index contributed by atoms with van der Waals surface area (Å²) in [6.07, 6.45) is 5.90. The smallest absolute Gasteiger partial charge is 0.169 e. The average molecular weight is 298 g/mol. The molecule has 17 heavy (non-hydrogen) atoms. The van der Waals surface area contributed by atoms with Crippen molar-refractivity contribution >= 4 is 15.9 Å². The van der Waals surface area contributed by atoms with E-state index in [-0.39, 0.29) is 0 Å². The average Bonchev–Trinajstić information content (AvgIpc) is 3.01. The van der Waals surface area contributed by atoms with Gasteiger partial charge in [0.25, 0.3) is 0 Å². The van der Waals surface area contributed by atoms with E-state index in [4.69, 9.17) is 4.42 Å². The van der Waals surface area contributed by atoms with E-state index in [1.807, 2.05) is 12.1 Å². The lowest BCUT2D eigenvalue weighted by molar-refractivity contribution is 0.300. The van der Waals surface area contributed by atoms with E-state index in [2.05, 4.69) is 28.2 Å². The zero-order chi connectivity index (χ0) is 11.8. The monoisotopic (exact) mass is 297 g/mol. The predicted octanol–water partition coefficient (Wildman–Crippen LogP) is 4.13. The molecule has 4 atom stereocenters. The van der Waals surface area contributed by atoms with Crippen molar-refractivity contribution in [3.8, 4) is 0 Å². The van der Waals surface area contributed by atoms with E-state index in [9.17, 15) is 0 Å². The molecule has 0 aromatic carbocycles. The Labute approximate surface area is 111 Å². The Morgan fingerprint density at radius 2 is 2.29 bits per heavy atom. The van der Waals surface area contributed by atoms with E-state index in [1.165, 1.54) is 25.7 Å². The van der Waals surface area contributed by atoms with Crippen molar-refractivity contribution in [3.05, 3.63) is 22.6 Å². The number of rotatable bonds is 4. The molecule has 2 fully saturated rings. The molecule has 0 amide bonds. The first-order valence-electron chi connectivity index (χ1n) is 6.71. The van der Waals surface area contributed by atoms with Crippen LogP contribution in [0, 0.1) is 17.8 Å². The fraction of sp³-hybridized carbons (Fsp3) is 0.714. The van der Waals surface area contributed by atoms with Crippen molar-refractivity contribution in [1.29, 1.82) is 0 Å². The third kappa shape index (κ3) is 2.45. The molecular formula is C14H20BrNO. The predicted molar refractivity (Wildman–Crippen MR) is 71.8 cm³/mol. The Morgan fingerprint density at radius 1 is 1.41 bits per heavy atom. The lowest BCUT2D eigenvalue weighted by atomic mass is 9.88. The van der Waals surface area contributed by atoms with Crippen LogP contribution in [-0.2, 0) is 0 Å². The van der Waals surface area contributed by atoms with Crippen LogP contribution in [0.5, 0.6) is 0 Å². The molecule has 94 valence electrons. The fourth-order valence-electron chi connectivity index (χ4n) is 3.62. The third-order valence-corrected chi connectivity index (χ3v) is 5.02. The van der Waals surface area contributed by atoms with Gasteiger partial charge in [0.1, 0.15) is 5.76 Å². The van der Waals surface area contributed by atoms with Crippen molar-refractivity contribution < 1.29 is 4.42 Å². The SMILES string of the molecule is CC(NCC1CC2CCC1C2)c1ccc(Br)o1. The van der Waals surface area contributed by atoms with E-state index in [1.54, 1.807) is 0 Å². The summed E-state index contributed by atoms with van der Waals surface area (Å²) in [4.78, 5) is 0. The summed E-state index contributed by atoms with van der Waals surface area (Å²) in [5.74, 6) is 3.98. The molecule has 2 aliphatic carbocycles. The quantitative estimate of drug-likeness (QED) is 0.904. The number of furan rings is 1. The van der Waals surface area contributed by atoms with Crippen molar-refractivity contribution in [3.63, 3.8) is 0 Å². The molecule has 1 N–H and O–H groups in total. The third-order valence-electron chi connectivity index (χ3n) is 4.59. The van der Waals surface area contributed by atoms with Crippen LogP contribution in [0.1, 0.15) is 44.4 Å². The highest BCUT2D eigenvalue weighted by molar-refractivity contribution is 9.10. The van der Waals surface area contributed by atoms with Gasteiger partial charge >= 0.3 is 0 Å². The lowest BCUT2D eigenvalue weighted by Gasteiger charge is -2.23. The minimum atomic E-state index is 0.320. The van der Waals surface area contributed by atoms with Crippen LogP contribution in [0.2, 0.25) is 0 Å². The Hall–Kier alpha value is -0.280. The van der Waals surface area contributed by atoms with Gasteiger partial charge < -0.3 is 9.73 Å². The molecule has 4 unspecified atom stereocenters. The van der Waals surface area contributed by atoms with Gasteiger partial charge in [-0.1, -0.05) is 6.42 Å². The minimum absolute atomic E-state index is 0.320. The summed E-state index contributed by atoms with van der Waals surface area (Å²) in [6, 6.07) is 4.33. The van der Waals surface area contributed by atoms with E-state index >= 15 is 0 Å². The van der Waals surface area contributed by atoms with Crippen LogP contribution in [0.25, 0.3) is 0 Å². The largest absolute Gasteiger partial charge is 0.453 e. The molecule has 3 heteroatoms. The van der Waals surface area contributed by atoms with E-state index in [0.29, 0.717) is 6.04 Å². The Balaban J connectivity index is 1.51. The standard InChI is InChI=1S/C14H20BrNO/c1-9(13-4-5-14(15)17-13)16-8-12-7-10-2-3-11(12)6-10/h4-5,9-12,16H,2-3,6-8H2,1H3. The van der Waals surface area contributed by atoms with E-state index < -0.39 is 0 Å². The normalized spacial score (nSPS) is 33.2. The first-order valence-corrected chi connectivity index (χ1v) is 7.50. The molecule has 0 spiro atoms. The van der Waals surface area contributed by atoms with Gasteiger partial charge in [-0.25, -0.2) is 0 Å². The second-order valence-electron chi connectivity index (χ2n) is 5.71. The summed E-state index contributed by atoms with van der Waals surface area (Å²) >= 11 is 3.35. The van der Waals surface area contributed by atoms with Crippen LogP contribution in [0.15, 0.2) is 21.2 Å². The molecule has 3 rings (SSSR count). The van der Waals surface area contributed by atoms with Gasteiger partial charge in [-0.05, 0) is 78.5 Å². The summed E-state index contributed by atoms with van der Waals surface area (Å²) in [5, 5.41) is 3.62. The van der Waals surface area contributed by atoms with Gasteiger partial charge in [0.2, 0.25) is 0 Å². The highest BCUT2D eigenvalue weighted by Crippen LogP contribution is 2.48. The van der Waals surface area contributed by atoms with Crippen molar-refractivity contribution in [2.75, 3.05) is 6.54 Å². The van der Waals surface area contributed by atoms with Gasteiger partial charge in [0.15, 0.2) is 4.67 Å². The number of nitrogens with one attached hydrogen (secondary N) is 1. The second kappa shape index (κ2) is 4.77. The molecule has 0 radical (unpaired) electrons. The molecular weight excluding hydrogens is 278 g/mol. The Bertz CT molecular complexity index is 389. The van der Waals surface area contributed by atoms with Crippen LogP contribution < -0.4 is 5.32 Å². The summed E-state index contributed by atoms with van der Waals surface area (Å²) < 4.78 is 6.40. The van der Waals surface area contributed by atoms with Crippen molar-refractivity contribution in [2.24, 2.45) is 17.8 Å². The summed E-state index contributed by atoms with van der Waals surface area (Å²) in [5.41, 5.74) is 0. The molecule has 0 saturated heterocycles. The molecule has 1 aromatic rings. The molecule has 2 aliphatic rings. The maximum Gasteiger partial charge on any atom is 0.169 e. The fourth-order valence-corrected chi connectivity index (χ4v) is 3.94. The summed E-state index contributed by atoms with van der Waals surface area (Å²) in [7, 11) is 0. The first-order chi connectivity index (χ1) is 8.22. The molecule has 2 nitrogen and oxygen atoms in total. The van der Waals surface area contributed by atoms with Crippen molar-refractivity contribution in [2.45, 2.75) is 38.6 Å². The lowest BCUT2D eigenvalue weighted by Crippen LogP contribution is -2.28. The number of hydrogen-bond acceptors (Lipinski definition) is 2. The molecule has 2 bridgehead atoms. The maximum atomic E-state index is 5.58. The number of fused-ring (bicyclic) bond motifs is 2. The molecule has 0 aliphatic heterocycles. The van der Waals surface area contributed by atoms with Crippen molar-refractivity contribution in [1.82, 2.24) is 5.32 Å². The van der Waals surface area contributed by atoms with E-state index in [0.717, 1.165) is 34.7 Å². The highest BCUT2D eigenvalue weighted by Gasteiger charge is 2.39. The number of hydrogen-bond donors (Lipinski definition) is 1. The topological polar surface area (TPSA) is 25.2 Å². The highest BCUT2D eigenvalue weighted by atomic mass is 79.9. The molecule has 2 saturated carbocycles.